The molecule has 2 heterocycles. The summed E-state index contributed by atoms with van der Waals surface area (Å²) in [5.74, 6) is -0.737. The molecule has 0 aliphatic rings. The molecule has 3 amide bonds. The maximum Gasteiger partial charge on any atom is 0.291 e. The molecule has 0 saturated carbocycles. The summed E-state index contributed by atoms with van der Waals surface area (Å²) in [4.78, 5) is 36.7. The van der Waals surface area contributed by atoms with Gasteiger partial charge in [0, 0.05) is 18.5 Å². The Morgan fingerprint density at radius 1 is 1.00 bits per heavy atom. The maximum absolute atomic E-state index is 12.6. The number of furan rings is 1. The first kappa shape index (κ1) is 20.3. The van der Waals surface area contributed by atoms with Crippen LogP contribution < -0.4 is 16.0 Å². The van der Waals surface area contributed by atoms with Crippen molar-refractivity contribution in [3.8, 4) is 0 Å². The summed E-state index contributed by atoms with van der Waals surface area (Å²) < 4.78 is 9.82. The molecule has 0 fully saturated rings. The van der Waals surface area contributed by atoms with Crippen LogP contribution >= 0.6 is 11.3 Å². The Hall–Kier alpha value is -3.43. The molecular weight excluding hydrogens is 394 g/mol. The lowest BCUT2D eigenvalue weighted by Crippen LogP contribution is -2.17. The molecule has 29 heavy (non-hydrogen) atoms. The Labute approximate surface area is 170 Å². The SMILES string of the molecule is COCC(=O)Nc1ccc(NC(=O)c2sc(NC(=O)c3ccco3)cc2C)cc1. The Balaban J connectivity index is 1.62. The molecule has 1 aromatic carbocycles. The van der Waals surface area contributed by atoms with Gasteiger partial charge in [0.2, 0.25) is 5.91 Å². The van der Waals surface area contributed by atoms with Gasteiger partial charge in [0.05, 0.1) is 16.1 Å². The van der Waals surface area contributed by atoms with E-state index in [1.807, 2.05) is 0 Å². The zero-order valence-electron chi connectivity index (χ0n) is 15.8. The average Bonchev–Trinajstić information content (AvgIpc) is 3.33. The van der Waals surface area contributed by atoms with E-state index in [-0.39, 0.29) is 30.1 Å². The third-order valence-electron chi connectivity index (χ3n) is 3.81. The van der Waals surface area contributed by atoms with Crippen LogP contribution in [-0.2, 0) is 9.53 Å². The predicted octanol–water partition coefficient (Wildman–Crippen LogP) is 3.74. The standard InChI is InChI=1S/C20H19N3O5S/c1-12-10-17(23-19(25)15-4-3-9-28-15)29-18(12)20(26)22-14-7-5-13(6-8-14)21-16(24)11-27-2/h3-10H,11H2,1-2H3,(H,21,24)(H,22,26)(H,23,25). The fourth-order valence-corrected chi connectivity index (χ4v) is 3.47. The van der Waals surface area contributed by atoms with Gasteiger partial charge in [-0.2, -0.15) is 0 Å². The molecule has 0 aliphatic carbocycles. The van der Waals surface area contributed by atoms with E-state index in [4.69, 9.17) is 9.15 Å². The van der Waals surface area contributed by atoms with E-state index in [2.05, 4.69) is 16.0 Å². The van der Waals surface area contributed by atoms with Crippen LogP contribution in [0.5, 0.6) is 0 Å². The number of aryl methyl sites for hydroxylation is 1. The molecule has 2 aromatic heterocycles. The molecule has 150 valence electrons. The van der Waals surface area contributed by atoms with Crippen LogP contribution in [0.15, 0.2) is 53.1 Å². The Morgan fingerprint density at radius 3 is 2.31 bits per heavy atom. The molecule has 0 spiro atoms. The van der Waals surface area contributed by atoms with Crippen molar-refractivity contribution in [2.24, 2.45) is 0 Å². The second-order valence-electron chi connectivity index (χ2n) is 6.07. The van der Waals surface area contributed by atoms with E-state index in [9.17, 15) is 14.4 Å². The van der Waals surface area contributed by atoms with Crippen LogP contribution in [0.2, 0.25) is 0 Å². The number of nitrogens with one attached hydrogen (secondary N) is 3. The summed E-state index contributed by atoms with van der Waals surface area (Å²) >= 11 is 1.17. The molecule has 8 nitrogen and oxygen atoms in total. The van der Waals surface area contributed by atoms with Crippen LogP contribution in [0.1, 0.15) is 25.8 Å². The number of carbonyl (C=O) groups is 3. The molecule has 9 heteroatoms. The highest BCUT2D eigenvalue weighted by Gasteiger charge is 2.17. The van der Waals surface area contributed by atoms with Gasteiger partial charge in [0.25, 0.3) is 11.8 Å². The maximum atomic E-state index is 12.6. The number of rotatable bonds is 7. The number of benzene rings is 1. The second-order valence-corrected chi connectivity index (χ2v) is 7.12. The Morgan fingerprint density at radius 2 is 1.69 bits per heavy atom. The number of anilines is 3. The number of methoxy groups -OCH3 is 1. The highest BCUT2D eigenvalue weighted by atomic mass is 32.1. The van der Waals surface area contributed by atoms with Crippen LogP contribution in [0.25, 0.3) is 0 Å². The minimum atomic E-state index is -0.380. The van der Waals surface area contributed by atoms with Crippen molar-refractivity contribution in [1.82, 2.24) is 0 Å². The van der Waals surface area contributed by atoms with Gasteiger partial charge in [0.1, 0.15) is 6.61 Å². The quantitative estimate of drug-likeness (QED) is 0.547. The first-order chi connectivity index (χ1) is 14.0. The van der Waals surface area contributed by atoms with Crippen molar-refractivity contribution >= 4 is 45.4 Å². The van der Waals surface area contributed by atoms with E-state index < -0.39 is 0 Å². The van der Waals surface area contributed by atoms with Crippen molar-refractivity contribution in [1.29, 1.82) is 0 Å². The van der Waals surface area contributed by atoms with E-state index in [0.29, 0.717) is 21.3 Å². The molecule has 0 radical (unpaired) electrons. The lowest BCUT2D eigenvalue weighted by atomic mass is 10.2. The van der Waals surface area contributed by atoms with Gasteiger partial charge in [-0.25, -0.2) is 0 Å². The van der Waals surface area contributed by atoms with Crippen molar-refractivity contribution in [3.63, 3.8) is 0 Å². The highest BCUT2D eigenvalue weighted by molar-refractivity contribution is 7.18. The largest absolute Gasteiger partial charge is 0.459 e. The number of carbonyl (C=O) groups excluding carboxylic acids is 3. The summed E-state index contributed by atoms with van der Waals surface area (Å²) in [7, 11) is 1.44. The first-order valence-electron chi connectivity index (χ1n) is 8.61. The van der Waals surface area contributed by atoms with Crippen molar-refractivity contribution in [2.45, 2.75) is 6.92 Å². The molecule has 3 aromatic rings. The van der Waals surface area contributed by atoms with E-state index in [1.54, 1.807) is 49.4 Å². The topological polar surface area (TPSA) is 110 Å². The fraction of sp³-hybridized carbons (Fsp3) is 0.150. The first-order valence-corrected chi connectivity index (χ1v) is 9.43. The molecule has 0 aliphatic heterocycles. The smallest absolute Gasteiger partial charge is 0.291 e. The lowest BCUT2D eigenvalue weighted by Gasteiger charge is -2.07. The Bertz CT molecular complexity index is 1010. The number of amides is 3. The summed E-state index contributed by atoms with van der Waals surface area (Å²) in [6.45, 7) is 1.76. The fourth-order valence-electron chi connectivity index (χ4n) is 2.50. The summed E-state index contributed by atoms with van der Waals surface area (Å²) in [5, 5.41) is 8.74. The van der Waals surface area contributed by atoms with Crippen LogP contribution in [0.3, 0.4) is 0 Å². The van der Waals surface area contributed by atoms with Crippen molar-refractivity contribution in [3.05, 3.63) is 64.9 Å². The summed E-state index contributed by atoms with van der Waals surface area (Å²) in [6, 6.07) is 11.6. The van der Waals surface area contributed by atoms with Gasteiger partial charge in [-0.1, -0.05) is 0 Å². The van der Waals surface area contributed by atoms with E-state index >= 15 is 0 Å². The zero-order valence-corrected chi connectivity index (χ0v) is 16.6. The minimum absolute atomic E-state index is 0.0328. The molecule has 0 unspecified atom stereocenters. The van der Waals surface area contributed by atoms with Gasteiger partial charge in [-0.05, 0) is 55.0 Å². The minimum Gasteiger partial charge on any atom is -0.459 e. The number of hydrogen-bond donors (Lipinski definition) is 3. The summed E-state index contributed by atoms with van der Waals surface area (Å²) in [6.07, 6.45) is 1.42. The Kier molecular flexibility index (Phi) is 6.43. The summed E-state index contributed by atoms with van der Waals surface area (Å²) in [5.41, 5.74) is 1.92. The molecule has 3 N–H and O–H groups in total. The third-order valence-corrected chi connectivity index (χ3v) is 4.96. The van der Waals surface area contributed by atoms with Crippen LogP contribution in [-0.4, -0.2) is 31.4 Å². The third kappa shape index (κ3) is 5.31. The number of thiophene rings is 1. The van der Waals surface area contributed by atoms with Crippen molar-refractivity contribution in [2.75, 3.05) is 29.7 Å². The molecular formula is C20H19N3O5S. The van der Waals surface area contributed by atoms with E-state index in [1.165, 1.54) is 24.7 Å². The number of hydrogen-bond acceptors (Lipinski definition) is 6. The molecule has 0 saturated heterocycles. The van der Waals surface area contributed by atoms with Crippen molar-refractivity contribution < 1.29 is 23.5 Å². The monoisotopic (exact) mass is 413 g/mol. The van der Waals surface area contributed by atoms with Crippen LogP contribution in [0, 0.1) is 6.92 Å². The van der Waals surface area contributed by atoms with Gasteiger partial charge >= 0.3 is 0 Å². The van der Waals surface area contributed by atoms with Crippen LogP contribution in [0.4, 0.5) is 16.4 Å². The number of ether oxygens (including phenoxy) is 1. The van der Waals surface area contributed by atoms with Gasteiger partial charge in [-0.15, -0.1) is 11.3 Å². The molecule has 0 bridgehead atoms. The normalized spacial score (nSPS) is 10.4. The van der Waals surface area contributed by atoms with E-state index in [0.717, 1.165) is 5.56 Å². The highest BCUT2D eigenvalue weighted by Crippen LogP contribution is 2.28. The molecule has 3 rings (SSSR count). The predicted molar refractivity (Wildman–Crippen MR) is 111 cm³/mol. The average molecular weight is 413 g/mol. The molecule has 0 atom stereocenters. The van der Waals surface area contributed by atoms with Gasteiger partial charge < -0.3 is 25.1 Å². The second kappa shape index (κ2) is 9.18. The zero-order chi connectivity index (χ0) is 20.8. The van der Waals surface area contributed by atoms with Gasteiger partial charge in [0.15, 0.2) is 5.76 Å². The lowest BCUT2D eigenvalue weighted by molar-refractivity contribution is -0.119. The van der Waals surface area contributed by atoms with Gasteiger partial charge in [-0.3, -0.25) is 14.4 Å².